The Bertz CT molecular complexity index is 2110. The second-order valence-corrected chi connectivity index (χ2v) is 29.3. The summed E-state index contributed by atoms with van der Waals surface area (Å²) < 4.78 is 34.8. The van der Waals surface area contributed by atoms with Gasteiger partial charge in [-0.3, -0.25) is 9.59 Å². The van der Waals surface area contributed by atoms with E-state index in [2.05, 4.69) is 36.6 Å². The van der Waals surface area contributed by atoms with Crippen molar-refractivity contribution < 1.29 is 104 Å². The molecule has 3 aliphatic heterocycles. The number of carboxylic acids is 1. The number of carbonyl (C=O) groups excluding carboxylic acids is 2. The Hall–Kier alpha value is -2.79. The van der Waals surface area contributed by atoms with Gasteiger partial charge in [-0.15, -0.1) is 0 Å². The average Bonchev–Trinajstić information content (AvgIpc) is 0.756. The molecule has 3 rings (SSSR count). The van der Waals surface area contributed by atoms with Gasteiger partial charge in [0.2, 0.25) is 11.8 Å². The van der Waals surface area contributed by atoms with Gasteiger partial charge >= 0.3 is 5.97 Å². The van der Waals surface area contributed by atoms with E-state index in [-0.39, 0.29) is 12.3 Å². The van der Waals surface area contributed by atoms with Gasteiger partial charge in [-0.05, 0) is 44.9 Å². The first-order valence-electron chi connectivity index (χ1n) is 40.2. The lowest BCUT2D eigenvalue weighted by molar-refractivity contribution is -0.386. The normalized spacial score (nSPS) is 26.9. The van der Waals surface area contributed by atoms with Crippen molar-refractivity contribution in [1.29, 1.82) is 0 Å². The van der Waals surface area contributed by atoms with Crippen LogP contribution in [-0.2, 0) is 42.8 Å². The Labute approximate surface area is 606 Å². The fourth-order valence-electron chi connectivity index (χ4n) is 14.0. The van der Waals surface area contributed by atoms with E-state index in [9.17, 15) is 75.7 Å². The maximum atomic E-state index is 13.5. The van der Waals surface area contributed by atoms with Crippen molar-refractivity contribution in [3.05, 3.63) is 24.3 Å². The molecule has 23 heteroatoms. The highest BCUT2D eigenvalue weighted by Crippen LogP contribution is 2.39. The number of unbranched alkanes of at least 4 members (excludes halogenated alkanes) is 41. The molecular formula is C78H144N2O21. The minimum absolute atomic E-state index is 0.203. The predicted octanol–water partition coefficient (Wildman–Crippen LogP) is 10.4. The van der Waals surface area contributed by atoms with Gasteiger partial charge in [0.15, 0.2) is 12.6 Å². The largest absolute Gasteiger partial charge is 0.477 e. The molecule has 101 heavy (non-hydrogen) atoms. The van der Waals surface area contributed by atoms with Crippen LogP contribution in [0.3, 0.4) is 0 Å². The molecule has 0 aromatic heterocycles. The van der Waals surface area contributed by atoms with E-state index in [0.717, 1.165) is 51.9 Å². The maximum Gasteiger partial charge on any atom is 0.364 e. The molecule has 3 heterocycles. The minimum Gasteiger partial charge on any atom is -0.477 e. The van der Waals surface area contributed by atoms with Crippen molar-refractivity contribution >= 4 is 17.8 Å². The van der Waals surface area contributed by atoms with E-state index in [1.54, 1.807) is 6.08 Å². The van der Waals surface area contributed by atoms with Gasteiger partial charge in [0, 0.05) is 19.8 Å². The van der Waals surface area contributed by atoms with Crippen LogP contribution in [0.4, 0.5) is 0 Å². The molecule has 0 aromatic rings. The molecule has 0 aromatic carbocycles. The first-order valence-corrected chi connectivity index (χ1v) is 40.2. The smallest absolute Gasteiger partial charge is 0.364 e. The number of hydrogen-bond donors (Lipinski definition) is 14. The van der Waals surface area contributed by atoms with Crippen LogP contribution in [0, 0.1) is 0 Å². The van der Waals surface area contributed by atoms with E-state index in [4.69, 9.17) is 28.4 Å². The van der Waals surface area contributed by atoms with E-state index in [0.29, 0.717) is 12.8 Å². The number of rotatable bonds is 63. The number of aliphatic hydroxyl groups excluding tert-OH is 11. The zero-order valence-electron chi connectivity index (χ0n) is 62.5. The molecular weight excluding hydrogens is 1300 g/mol. The van der Waals surface area contributed by atoms with Crippen LogP contribution in [0.5, 0.6) is 0 Å². The highest BCUT2D eigenvalue weighted by Gasteiger charge is 2.60. The summed E-state index contributed by atoms with van der Waals surface area (Å²) in [6.45, 7) is 2.15. The predicted molar refractivity (Wildman–Crippen MR) is 389 cm³/mol. The Morgan fingerprint density at radius 2 is 0.931 bits per heavy atom. The molecule has 18 unspecified atom stereocenters. The molecule has 3 aliphatic rings. The van der Waals surface area contributed by atoms with Gasteiger partial charge in [-0.1, -0.05) is 276 Å². The van der Waals surface area contributed by atoms with Crippen molar-refractivity contribution in [1.82, 2.24) is 10.6 Å². The fraction of sp³-hybridized carbons (Fsp3) is 0.910. The van der Waals surface area contributed by atoms with E-state index >= 15 is 0 Å². The SMILES string of the molecule is CCCCCCCCCCCC/C=C/C(O)C(COC1OC(CO)C(OC2OC(CO)C(O)C(OC3(C(=O)O)CC(O)C(NC(C)=O)C(C(O)C(O)CO)O3)C2O)C(O)C1O)NC(=O)CCCCCCCCCCCCCCCCCCC/C=C\CCCCCCCCCCCCCCCC. The van der Waals surface area contributed by atoms with Crippen LogP contribution in [0.2, 0.25) is 0 Å². The highest BCUT2D eigenvalue weighted by molar-refractivity contribution is 5.77. The molecule has 0 bridgehead atoms. The summed E-state index contributed by atoms with van der Waals surface area (Å²) in [5, 5.41) is 136. The average molecular weight is 1450 g/mol. The van der Waals surface area contributed by atoms with E-state index in [1.165, 1.54) is 225 Å². The van der Waals surface area contributed by atoms with E-state index < -0.39 is 155 Å². The monoisotopic (exact) mass is 1450 g/mol. The van der Waals surface area contributed by atoms with Crippen LogP contribution < -0.4 is 10.6 Å². The third-order valence-corrected chi connectivity index (χ3v) is 20.4. The first-order chi connectivity index (χ1) is 48.9. The van der Waals surface area contributed by atoms with Crippen LogP contribution >= 0.6 is 0 Å². The van der Waals surface area contributed by atoms with Crippen LogP contribution in [-0.4, -0.2) is 215 Å². The van der Waals surface area contributed by atoms with Gasteiger partial charge in [0.25, 0.3) is 5.79 Å². The summed E-state index contributed by atoms with van der Waals surface area (Å²) in [5.74, 6) is -6.14. The topological polar surface area (TPSA) is 373 Å². The van der Waals surface area contributed by atoms with Gasteiger partial charge < -0.3 is 100 Å². The maximum absolute atomic E-state index is 13.5. The number of hydrogen-bond acceptors (Lipinski definition) is 20. The molecule has 592 valence electrons. The Balaban J connectivity index is 1.42. The lowest BCUT2D eigenvalue weighted by Crippen LogP contribution is -2.70. The number of nitrogens with one attached hydrogen (secondary N) is 2. The Kier molecular flexibility index (Phi) is 52.5. The molecule has 0 saturated carbocycles. The van der Waals surface area contributed by atoms with Gasteiger partial charge in [0.05, 0.1) is 50.7 Å². The number of carbonyl (C=O) groups is 3. The van der Waals surface area contributed by atoms with Gasteiger partial charge in [-0.2, -0.15) is 0 Å². The second kappa shape index (κ2) is 57.4. The summed E-state index contributed by atoms with van der Waals surface area (Å²) >= 11 is 0. The first kappa shape index (κ1) is 92.4. The van der Waals surface area contributed by atoms with Crippen molar-refractivity contribution in [2.24, 2.45) is 0 Å². The molecule has 0 radical (unpaired) electrons. The molecule has 14 N–H and O–H groups in total. The zero-order valence-corrected chi connectivity index (χ0v) is 62.5. The lowest BCUT2D eigenvalue weighted by atomic mass is 9.88. The summed E-state index contributed by atoms with van der Waals surface area (Å²) in [4.78, 5) is 38.6. The molecule has 3 fully saturated rings. The van der Waals surface area contributed by atoms with Crippen molar-refractivity contribution in [3.63, 3.8) is 0 Å². The van der Waals surface area contributed by atoms with Crippen molar-refractivity contribution in [3.8, 4) is 0 Å². The van der Waals surface area contributed by atoms with Crippen molar-refractivity contribution in [2.75, 3.05) is 26.4 Å². The van der Waals surface area contributed by atoms with Gasteiger partial charge in [0.1, 0.15) is 67.1 Å². The standard InChI is InChI=1S/C78H144N2O21/c1-4-6-8-10-12-14-16-18-19-20-21-22-23-24-25-26-27-28-29-30-31-32-33-34-35-36-37-38-39-40-42-44-46-48-50-52-65(88)80-59(60(85)51-49-47-45-43-41-17-15-13-11-9-7-5-2)57-96-75-70(92)69(91)72(64(56-83)98-75)99-76-71(93)74(68(90)63(55-82)97-76)101-78(77(94)95)53-61(86)66(79-58(3)84)73(100-78)67(89)62(87)54-81/h26-27,49,51,59-64,66-76,81-83,85-87,89-93H,4-25,28-48,50,52-57H2,1-3H3,(H,79,84)(H,80,88)(H,94,95)/b27-26-,51-49+. The molecule has 0 spiro atoms. The summed E-state index contributed by atoms with van der Waals surface area (Å²) in [7, 11) is 0. The molecule has 3 saturated heterocycles. The van der Waals surface area contributed by atoms with Crippen LogP contribution in [0.15, 0.2) is 24.3 Å². The van der Waals surface area contributed by atoms with Gasteiger partial charge in [-0.25, -0.2) is 4.79 Å². The van der Waals surface area contributed by atoms with Crippen molar-refractivity contribution in [2.45, 2.75) is 426 Å². The number of aliphatic carboxylic acids is 1. The quantitative estimate of drug-likeness (QED) is 0.0199. The Morgan fingerprint density at radius 1 is 0.515 bits per heavy atom. The number of carboxylic acid groups (broad SMARTS) is 1. The fourth-order valence-corrected chi connectivity index (χ4v) is 14.0. The van der Waals surface area contributed by atoms with E-state index in [1.807, 2.05) is 6.08 Å². The molecule has 18 atom stereocenters. The van der Waals surface area contributed by atoms with Crippen LogP contribution in [0.1, 0.15) is 316 Å². The zero-order chi connectivity index (χ0) is 73.9. The third kappa shape index (κ3) is 38.0. The number of allylic oxidation sites excluding steroid dienone is 3. The number of ether oxygens (including phenoxy) is 6. The molecule has 23 nitrogen and oxygen atoms in total. The summed E-state index contributed by atoms with van der Waals surface area (Å²) in [6.07, 6.45) is 34.0. The lowest BCUT2D eigenvalue weighted by Gasteiger charge is -2.50. The van der Waals surface area contributed by atoms with Crippen LogP contribution in [0.25, 0.3) is 0 Å². The highest BCUT2D eigenvalue weighted by atomic mass is 16.8. The number of amides is 2. The third-order valence-electron chi connectivity index (χ3n) is 20.4. The second-order valence-electron chi connectivity index (χ2n) is 29.3. The molecule has 2 amide bonds. The summed E-state index contributed by atoms with van der Waals surface area (Å²) in [5.41, 5.74) is 0. The number of aliphatic hydroxyl groups is 11. The minimum atomic E-state index is -3.08. The Morgan fingerprint density at radius 3 is 1.35 bits per heavy atom. The summed E-state index contributed by atoms with van der Waals surface area (Å²) in [6, 6.07) is -2.62. The molecule has 0 aliphatic carbocycles.